The van der Waals surface area contributed by atoms with Gasteiger partial charge in [0.15, 0.2) is 5.65 Å². The van der Waals surface area contributed by atoms with E-state index >= 15 is 0 Å². The zero-order valence-electron chi connectivity index (χ0n) is 16.1. The number of aromatic nitrogens is 3. The van der Waals surface area contributed by atoms with Crippen LogP contribution in [0.3, 0.4) is 0 Å². The van der Waals surface area contributed by atoms with Crippen LogP contribution < -0.4 is 10.4 Å². The first-order valence-corrected chi connectivity index (χ1v) is 8.25. The Hall–Kier alpha value is -2.66. The van der Waals surface area contributed by atoms with Crippen LogP contribution in [0.1, 0.15) is 41.5 Å². The maximum absolute atomic E-state index is 12.6. The van der Waals surface area contributed by atoms with Crippen LogP contribution in [0.5, 0.6) is 0 Å². The van der Waals surface area contributed by atoms with E-state index in [-0.39, 0.29) is 17.1 Å². The monoisotopic (exact) mass is 378 g/mol. The fourth-order valence-electron chi connectivity index (χ4n) is 1.99. The number of ether oxygens (including phenoxy) is 2. The minimum atomic E-state index is -1.69. The molecular weight excluding hydrogens is 355 g/mol. The van der Waals surface area contributed by atoms with Crippen LogP contribution in [0, 0.1) is 0 Å². The van der Waals surface area contributed by atoms with Crippen molar-refractivity contribution in [3.05, 3.63) is 18.3 Å². The number of rotatable bonds is 2. The van der Waals surface area contributed by atoms with Crippen molar-refractivity contribution in [2.24, 2.45) is 0 Å². The lowest BCUT2D eigenvalue weighted by molar-refractivity contribution is 0.0427. The van der Waals surface area contributed by atoms with Gasteiger partial charge in [-0.1, -0.05) is 0 Å². The van der Waals surface area contributed by atoms with E-state index < -0.39 is 30.5 Å². The number of imide groups is 1. The van der Waals surface area contributed by atoms with Crippen LogP contribution in [0.4, 0.5) is 15.5 Å². The van der Waals surface area contributed by atoms with E-state index in [0.29, 0.717) is 4.90 Å². The molecule has 2 amide bonds. The molecule has 0 aliphatic carbocycles. The highest BCUT2D eigenvalue weighted by Gasteiger charge is 2.35. The Labute approximate surface area is 156 Å². The van der Waals surface area contributed by atoms with Gasteiger partial charge in [0, 0.05) is 6.20 Å². The predicted octanol–water partition coefficient (Wildman–Crippen LogP) is 1.09. The number of nitrogens with zero attached hydrogens (tertiary/aromatic N) is 4. The van der Waals surface area contributed by atoms with Crippen molar-refractivity contribution in [1.82, 2.24) is 14.6 Å². The Morgan fingerprint density at radius 1 is 1.07 bits per heavy atom. The normalized spacial score (nSPS) is 12.0. The fraction of sp³-hybridized carbons (Fsp3) is 0.500. The number of amides is 2. The Balaban J connectivity index is 2.47. The molecule has 0 saturated heterocycles. The number of pyridine rings is 1. The van der Waals surface area contributed by atoms with Crippen molar-refractivity contribution in [2.75, 3.05) is 4.90 Å². The van der Waals surface area contributed by atoms with E-state index in [2.05, 4.69) is 10.1 Å². The molecule has 2 heterocycles. The molecule has 10 nitrogen and oxygen atoms in total. The summed E-state index contributed by atoms with van der Waals surface area (Å²) in [5.41, 5.74) is -1.33. The molecule has 2 N–H and O–H groups in total. The highest BCUT2D eigenvalue weighted by atomic mass is 16.6. The molecule has 11 heteroatoms. The van der Waals surface area contributed by atoms with Crippen LogP contribution in [-0.4, -0.2) is 55.2 Å². The summed E-state index contributed by atoms with van der Waals surface area (Å²) in [5.74, 6) is -0.261. The summed E-state index contributed by atoms with van der Waals surface area (Å²) in [6, 6.07) is 2.78. The van der Waals surface area contributed by atoms with Crippen molar-refractivity contribution in [2.45, 2.75) is 52.7 Å². The largest absolute Gasteiger partial charge is 0.488 e. The molecule has 0 fully saturated rings. The molecule has 2 rings (SSSR count). The molecule has 0 aliphatic heterocycles. The zero-order valence-corrected chi connectivity index (χ0v) is 16.1. The molecule has 0 bridgehead atoms. The molecule has 2 aromatic heterocycles. The number of anilines is 1. The average molecular weight is 378 g/mol. The first-order valence-electron chi connectivity index (χ1n) is 8.25. The van der Waals surface area contributed by atoms with Gasteiger partial charge in [-0.15, -0.1) is 10.00 Å². The summed E-state index contributed by atoms with van der Waals surface area (Å²) >= 11 is 0. The second-order valence-electron chi connectivity index (χ2n) is 7.84. The number of fused-ring (bicyclic) bond motifs is 1. The molecule has 0 radical (unpaired) electrons. The van der Waals surface area contributed by atoms with E-state index in [1.165, 1.54) is 22.8 Å². The zero-order chi connectivity index (χ0) is 20.6. The van der Waals surface area contributed by atoms with Crippen LogP contribution in [0.2, 0.25) is 0 Å². The fourth-order valence-corrected chi connectivity index (χ4v) is 1.99. The lowest BCUT2D eigenvalue weighted by atomic mass is 9.81. The van der Waals surface area contributed by atoms with Gasteiger partial charge < -0.3 is 19.5 Å². The number of hydrogen-bond acceptors (Lipinski definition) is 8. The standard InChI is InChI=1S/C16H23BN4O6/c1-15(2,3)26-13(22)21(14(23)27-16(4,5)6)12-18-11-9-10(17(24)25)7-8-20(11)19-12/h7-9,24-25H,1-6H3. The molecule has 0 saturated carbocycles. The molecule has 27 heavy (non-hydrogen) atoms. The molecule has 0 atom stereocenters. The third-order valence-corrected chi connectivity index (χ3v) is 3.00. The van der Waals surface area contributed by atoms with Crippen molar-refractivity contribution in [3.63, 3.8) is 0 Å². The molecule has 0 aromatic carbocycles. The highest BCUT2D eigenvalue weighted by Crippen LogP contribution is 2.19. The third-order valence-electron chi connectivity index (χ3n) is 3.00. The minimum Gasteiger partial charge on any atom is -0.443 e. The summed E-state index contributed by atoms with van der Waals surface area (Å²) in [6.07, 6.45) is -0.562. The van der Waals surface area contributed by atoms with Gasteiger partial charge in [0.1, 0.15) is 11.2 Å². The molecule has 146 valence electrons. The van der Waals surface area contributed by atoms with Crippen LogP contribution >= 0.6 is 0 Å². The molecule has 0 spiro atoms. The van der Waals surface area contributed by atoms with Crippen LogP contribution in [0.15, 0.2) is 18.3 Å². The second-order valence-corrected chi connectivity index (χ2v) is 7.84. The van der Waals surface area contributed by atoms with Gasteiger partial charge in [-0.25, -0.2) is 14.1 Å². The maximum atomic E-state index is 12.6. The smallest absolute Gasteiger partial charge is 0.443 e. The van der Waals surface area contributed by atoms with E-state index in [9.17, 15) is 19.6 Å². The van der Waals surface area contributed by atoms with E-state index in [1.54, 1.807) is 41.5 Å². The highest BCUT2D eigenvalue weighted by molar-refractivity contribution is 6.58. The summed E-state index contributed by atoms with van der Waals surface area (Å²) in [4.78, 5) is 29.9. The molecular formula is C16H23BN4O6. The second kappa shape index (κ2) is 7.16. The summed E-state index contributed by atoms with van der Waals surface area (Å²) < 4.78 is 11.8. The summed E-state index contributed by atoms with van der Waals surface area (Å²) in [5, 5.41) is 22.6. The Kier molecular flexibility index (Phi) is 5.48. The quantitative estimate of drug-likeness (QED) is 0.744. The van der Waals surface area contributed by atoms with E-state index in [4.69, 9.17) is 9.47 Å². The van der Waals surface area contributed by atoms with Crippen molar-refractivity contribution in [1.29, 1.82) is 0 Å². The SMILES string of the molecule is CC(C)(C)OC(=O)N(C(=O)OC(C)(C)C)c1nc2cc(B(O)O)ccn2n1. The molecule has 2 aromatic rings. The Morgan fingerprint density at radius 2 is 1.59 bits per heavy atom. The summed E-state index contributed by atoms with van der Waals surface area (Å²) in [7, 11) is -1.69. The molecule has 0 unspecified atom stereocenters. The lowest BCUT2D eigenvalue weighted by Gasteiger charge is -2.26. The third kappa shape index (κ3) is 5.41. The Morgan fingerprint density at radius 3 is 2.04 bits per heavy atom. The number of carbonyl (C=O) groups excluding carboxylic acids is 2. The summed E-state index contributed by atoms with van der Waals surface area (Å²) in [6.45, 7) is 9.94. The van der Waals surface area contributed by atoms with Gasteiger partial charge in [-0.3, -0.25) is 0 Å². The van der Waals surface area contributed by atoms with Crippen molar-refractivity contribution >= 4 is 36.4 Å². The topological polar surface area (TPSA) is 126 Å². The van der Waals surface area contributed by atoms with E-state index in [0.717, 1.165) is 0 Å². The first kappa shape index (κ1) is 20.7. The van der Waals surface area contributed by atoms with Crippen LogP contribution in [-0.2, 0) is 9.47 Å². The molecule has 0 aliphatic rings. The van der Waals surface area contributed by atoms with Gasteiger partial charge in [0.25, 0.3) is 5.95 Å². The van der Waals surface area contributed by atoms with Gasteiger partial charge in [0.2, 0.25) is 0 Å². The van der Waals surface area contributed by atoms with Gasteiger partial charge in [-0.2, -0.15) is 4.98 Å². The average Bonchev–Trinajstić information content (AvgIpc) is 2.85. The van der Waals surface area contributed by atoms with Gasteiger partial charge in [-0.05, 0) is 59.1 Å². The lowest BCUT2D eigenvalue weighted by Crippen LogP contribution is -2.44. The Bertz CT molecular complexity index is 825. The van der Waals surface area contributed by atoms with E-state index in [1.807, 2.05) is 0 Å². The first-order chi connectivity index (χ1) is 12.3. The van der Waals surface area contributed by atoms with Gasteiger partial charge in [0.05, 0.1) is 0 Å². The number of carbonyl (C=O) groups is 2. The predicted molar refractivity (Wildman–Crippen MR) is 97.8 cm³/mol. The van der Waals surface area contributed by atoms with Crippen molar-refractivity contribution in [3.8, 4) is 0 Å². The van der Waals surface area contributed by atoms with Gasteiger partial charge >= 0.3 is 19.3 Å². The van der Waals surface area contributed by atoms with Crippen molar-refractivity contribution < 1.29 is 29.1 Å². The minimum absolute atomic E-state index is 0.183. The van der Waals surface area contributed by atoms with Crippen LogP contribution in [0.25, 0.3) is 5.65 Å². The number of hydrogen-bond donors (Lipinski definition) is 2. The maximum Gasteiger partial charge on any atom is 0.488 e.